The molecule has 0 spiro atoms. The van der Waals surface area contributed by atoms with Gasteiger partial charge in [-0.25, -0.2) is 0 Å². The van der Waals surface area contributed by atoms with Gasteiger partial charge in [0.05, 0.1) is 11.8 Å². The van der Waals surface area contributed by atoms with E-state index in [9.17, 15) is 5.11 Å². The van der Waals surface area contributed by atoms with Crippen molar-refractivity contribution < 1.29 is 5.11 Å². The standard InChI is InChI=1S/C23H37NO/c1-6-18(5)16-24-20(7-2)14-11-15-21(17(3)4)22(24)23(25)19-12-9-8-10-13-19/h7,11,14,16-17,19,23,25H,6,8-10,12-13,15H2,1-5H3/b18-16+,20-7-. The Morgan fingerprint density at radius 3 is 2.52 bits per heavy atom. The van der Waals surface area contributed by atoms with Crippen LogP contribution < -0.4 is 0 Å². The van der Waals surface area contributed by atoms with Crippen LogP contribution in [-0.4, -0.2) is 16.1 Å². The number of nitrogens with zero attached hydrogens (tertiary/aromatic N) is 1. The first kappa shape index (κ1) is 20.0. The first-order valence-corrected chi connectivity index (χ1v) is 10.2. The lowest BCUT2D eigenvalue weighted by Gasteiger charge is -2.36. The second-order valence-corrected chi connectivity index (χ2v) is 7.93. The fourth-order valence-electron chi connectivity index (χ4n) is 4.01. The molecule has 1 atom stereocenters. The molecule has 0 bridgehead atoms. The third kappa shape index (κ3) is 4.88. The Labute approximate surface area is 155 Å². The number of hydrogen-bond acceptors (Lipinski definition) is 2. The van der Waals surface area contributed by atoms with E-state index < -0.39 is 0 Å². The van der Waals surface area contributed by atoms with Gasteiger partial charge in [0.25, 0.3) is 0 Å². The van der Waals surface area contributed by atoms with Crippen molar-refractivity contribution in [3.8, 4) is 0 Å². The molecule has 0 aromatic carbocycles. The maximum absolute atomic E-state index is 11.4. The van der Waals surface area contributed by atoms with Gasteiger partial charge < -0.3 is 10.0 Å². The summed E-state index contributed by atoms with van der Waals surface area (Å²) < 4.78 is 0. The van der Waals surface area contributed by atoms with E-state index >= 15 is 0 Å². The SMILES string of the molecule is C/C=C1/C=CCC(C(C)C)=C(C(O)C2CCCCC2)N1/C=C(\C)CC. The second kappa shape index (κ2) is 9.43. The van der Waals surface area contributed by atoms with Crippen LogP contribution in [0.2, 0.25) is 0 Å². The number of rotatable bonds is 5. The van der Waals surface area contributed by atoms with Crippen molar-refractivity contribution in [3.63, 3.8) is 0 Å². The summed E-state index contributed by atoms with van der Waals surface area (Å²) in [5, 5.41) is 11.4. The van der Waals surface area contributed by atoms with Crippen LogP contribution in [0.15, 0.2) is 47.0 Å². The smallest absolute Gasteiger partial charge is 0.0971 e. The lowest BCUT2D eigenvalue weighted by Crippen LogP contribution is -2.34. The molecule has 25 heavy (non-hydrogen) atoms. The van der Waals surface area contributed by atoms with E-state index in [4.69, 9.17) is 0 Å². The van der Waals surface area contributed by atoms with Crippen LogP contribution >= 0.6 is 0 Å². The van der Waals surface area contributed by atoms with Crippen molar-refractivity contribution in [1.29, 1.82) is 0 Å². The van der Waals surface area contributed by atoms with Gasteiger partial charge in [0.15, 0.2) is 0 Å². The molecule has 0 aromatic heterocycles. The highest BCUT2D eigenvalue weighted by Gasteiger charge is 2.31. The van der Waals surface area contributed by atoms with Gasteiger partial charge in [0.2, 0.25) is 0 Å². The maximum atomic E-state index is 11.4. The molecule has 1 aliphatic carbocycles. The van der Waals surface area contributed by atoms with Crippen molar-refractivity contribution in [2.75, 3.05) is 0 Å². The minimum atomic E-state index is -0.367. The predicted octanol–water partition coefficient (Wildman–Crippen LogP) is 6.32. The fourth-order valence-corrected chi connectivity index (χ4v) is 4.01. The Hall–Kier alpha value is -1.28. The molecule has 1 saturated carbocycles. The van der Waals surface area contributed by atoms with Crippen LogP contribution in [0.5, 0.6) is 0 Å². The Kier molecular flexibility index (Phi) is 7.56. The quantitative estimate of drug-likeness (QED) is 0.631. The van der Waals surface area contributed by atoms with Crippen LogP contribution in [0.3, 0.4) is 0 Å². The Morgan fingerprint density at radius 2 is 1.96 bits per heavy atom. The molecule has 2 aliphatic rings. The molecule has 1 fully saturated rings. The summed E-state index contributed by atoms with van der Waals surface area (Å²) in [5.74, 6) is 0.832. The van der Waals surface area contributed by atoms with E-state index in [1.54, 1.807) is 0 Å². The van der Waals surface area contributed by atoms with Crippen molar-refractivity contribution in [2.24, 2.45) is 11.8 Å². The zero-order valence-electron chi connectivity index (χ0n) is 16.9. The summed E-state index contributed by atoms with van der Waals surface area (Å²) in [7, 11) is 0. The lowest BCUT2D eigenvalue weighted by molar-refractivity contribution is 0.0962. The maximum Gasteiger partial charge on any atom is 0.0971 e. The first-order chi connectivity index (χ1) is 12.0. The molecule has 0 aromatic rings. The van der Waals surface area contributed by atoms with E-state index in [2.05, 4.69) is 63.9 Å². The third-order valence-electron chi connectivity index (χ3n) is 5.77. The monoisotopic (exact) mass is 343 g/mol. The molecule has 2 nitrogen and oxygen atoms in total. The highest BCUT2D eigenvalue weighted by atomic mass is 16.3. The van der Waals surface area contributed by atoms with Gasteiger partial charge in [-0.15, -0.1) is 0 Å². The zero-order chi connectivity index (χ0) is 18.4. The highest BCUT2D eigenvalue weighted by molar-refractivity contribution is 5.36. The van der Waals surface area contributed by atoms with Crippen LogP contribution in [0.1, 0.15) is 79.6 Å². The minimum absolute atomic E-state index is 0.367. The number of aliphatic hydroxyl groups excluding tert-OH is 1. The highest BCUT2D eigenvalue weighted by Crippen LogP contribution is 2.37. The van der Waals surface area contributed by atoms with E-state index in [1.165, 1.54) is 36.1 Å². The summed E-state index contributed by atoms with van der Waals surface area (Å²) in [6.07, 6.45) is 16.6. The predicted molar refractivity (Wildman–Crippen MR) is 108 cm³/mol. The molecule has 0 amide bonds. The molecule has 2 rings (SSSR count). The van der Waals surface area contributed by atoms with Gasteiger partial charge in [-0.2, -0.15) is 0 Å². The Morgan fingerprint density at radius 1 is 1.28 bits per heavy atom. The minimum Gasteiger partial charge on any atom is -0.387 e. The Balaban J connectivity index is 2.53. The van der Waals surface area contributed by atoms with Crippen molar-refractivity contribution in [1.82, 2.24) is 4.90 Å². The average Bonchev–Trinajstić information content (AvgIpc) is 2.81. The molecule has 1 N–H and O–H groups in total. The van der Waals surface area contributed by atoms with Gasteiger partial charge in [-0.05, 0) is 63.0 Å². The van der Waals surface area contributed by atoms with Gasteiger partial charge in [0.1, 0.15) is 0 Å². The van der Waals surface area contributed by atoms with Gasteiger partial charge >= 0.3 is 0 Å². The van der Waals surface area contributed by atoms with Crippen molar-refractivity contribution in [2.45, 2.75) is 85.7 Å². The van der Waals surface area contributed by atoms with Crippen molar-refractivity contribution >= 4 is 0 Å². The van der Waals surface area contributed by atoms with Crippen LogP contribution in [0, 0.1) is 11.8 Å². The van der Waals surface area contributed by atoms with E-state index in [1.807, 2.05) is 0 Å². The van der Waals surface area contributed by atoms with E-state index in [-0.39, 0.29) is 6.10 Å². The first-order valence-electron chi connectivity index (χ1n) is 10.2. The molecule has 2 heteroatoms. The number of aliphatic hydroxyl groups is 1. The largest absolute Gasteiger partial charge is 0.387 e. The molecule has 1 aliphatic heterocycles. The topological polar surface area (TPSA) is 23.5 Å². The van der Waals surface area contributed by atoms with Crippen LogP contribution in [0.25, 0.3) is 0 Å². The molecule has 1 heterocycles. The molecular formula is C23H37NO. The summed E-state index contributed by atoms with van der Waals surface area (Å²) in [5.41, 5.74) is 5.04. The summed E-state index contributed by atoms with van der Waals surface area (Å²) >= 11 is 0. The van der Waals surface area contributed by atoms with Gasteiger partial charge in [0, 0.05) is 11.9 Å². The molecule has 140 valence electrons. The van der Waals surface area contributed by atoms with E-state index in [0.29, 0.717) is 11.8 Å². The normalized spacial score (nSPS) is 23.6. The second-order valence-electron chi connectivity index (χ2n) is 7.93. The summed E-state index contributed by atoms with van der Waals surface area (Å²) in [6.45, 7) is 11.0. The van der Waals surface area contributed by atoms with E-state index in [0.717, 1.165) is 31.4 Å². The summed E-state index contributed by atoms with van der Waals surface area (Å²) in [6, 6.07) is 0. The van der Waals surface area contributed by atoms with Crippen molar-refractivity contribution in [3.05, 3.63) is 47.0 Å². The molecule has 0 saturated heterocycles. The van der Waals surface area contributed by atoms with Crippen LogP contribution in [0.4, 0.5) is 0 Å². The molecule has 0 radical (unpaired) electrons. The lowest BCUT2D eigenvalue weighted by atomic mass is 9.81. The third-order valence-corrected chi connectivity index (χ3v) is 5.77. The zero-order valence-corrected chi connectivity index (χ0v) is 16.9. The van der Waals surface area contributed by atoms with Crippen LogP contribution in [-0.2, 0) is 0 Å². The summed E-state index contributed by atoms with van der Waals surface area (Å²) in [4.78, 5) is 2.29. The molecule has 1 unspecified atom stereocenters. The Bertz CT molecular complexity index is 559. The number of hydrogen-bond donors (Lipinski definition) is 1. The van der Waals surface area contributed by atoms with Gasteiger partial charge in [-0.3, -0.25) is 0 Å². The van der Waals surface area contributed by atoms with Gasteiger partial charge in [-0.1, -0.05) is 57.8 Å². The average molecular weight is 344 g/mol. The molecular weight excluding hydrogens is 306 g/mol. The number of allylic oxidation sites excluding steroid dienone is 5. The fraction of sp³-hybridized carbons (Fsp3) is 0.652.